The van der Waals surface area contributed by atoms with Gasteiger partial charge in [-0.1, -0.05) is 48.6 Å². The normalized spacial score (nSPS) is 13.9. The smallest absolute Gasteiger partial charge is 0.226 e. The quantitative estimate of drug-likeness (QED) is 0.328. The Morgan fingerprint density at radius 3 is 2.68 bits per heavy atom. The van der Waals surface area contributed by atoms with E-state index in [2.05, 4.69) is 27.3 Å². The number of amides is 2. The molecule has 0 spiro atoms. The summed E-state index contributed by atoms with van der Waals surface area (Å²) in [4.78, 5) is 28.8. The summed E-state index contributed by atoms with van der Waals surface area (Å²) >= 11 is 3.02. The summed E-state index contributed by atoms with van der Waals surface area (Å²) in [6.07, 6.45) is 2.60. The van der Waals surface area contributed by atoms with Crippen LogP contribution in [0.2, 0.25) is 0 Å². The van der Waals surface area contributed by atoms with Gasteiger partial charge in [-0.25, -0.2) is 0 Å². The van der Waals surface area contributed by atoms with E-state index in [1.807, 2.05) is 29.2 Å². The van der Waals surface area contributed by atoms with Crippen LogP contribution in [0.1, 0.15) is 32.6 Å². The van der Waals surface area contributed by atoms with Crippen LogP contribution < -0.4 is 15.0 Å². The molecule has 10 heteroatoms. The largest absolute Gasteiger partial charge is 0.495 e. The molecular formula is C21H29N5O3S2. The molecule has 1 saturated heterocycles. The summed E-state index contributed by atoms with van der Waals surface area (Å²) in [6, 6.07) is 7.90. The average molecular weight is 464 g/mol. The van der Waals surface area contributed by atoms with Crippen LogP contribution in [0.15, 0.2) is 28.6 Å². The highest BCUT2D eigenvalue weighted by Gasteiger charge is 2.23. The predicted octanol–water partition coefficient (Wildman–Crippen LogP) is 3.51. The summed E-state index contributed by atoms with van der Waals surface area (Å²) in [7, 11) is 1.66. The summed E-state index contributed by atoms with van der Waals surface area (Å²) in [5.74, 6) is 1.63. The molecule has 1 aromatic carbocycles. The van der Waals surface area contributed by atoms with Gasteiger partial charge in [0.1, 0.15) is 5.75 Å². The molecule has 8 nitrogen and oxygen atoms in total. The first-order chi connectivity index (χ1) is 15.1. The van der Waals surface area contributed by atoms with Crippen molar-refractivity contribution in [2.24, 2.45) is 0 Å². The van der Waals surface area contributed by atoms with Crippen molar-refractivity contribution in [1.82, 2.24) is 15.1 Å². The van der Waals surface area contributed by atoms with Crippen molar-refractivity contribution in [3.8, 4) is 5.75 Å². The Kier molecular flexibility index (Phi) is 8.96. The lowest BCUT2D eigenvalue weighted by Crippen LogP contribution is -2.49. The molecule has 0 bridgehead atoms. The molecule has 1 aliphatic rings. The van der Waals surface area contributed by atoms with Crippen LogP contribution in [0.4, 0.5) is 10.8 Å². The first-order valence-corrected chi connectivity index (χ1v) is 12.3. The van der Waals surface area contributed by atoms with Gasteiger partial charge in [-0.05, 0) is 18.6 Å². The molecule has 168 valence electrons. The van der Waals surface area contributed by atoms with E-state index in [0.717, 1.165) is 47.5 Å². The topological polar surface area (TPSA) is 87.7 Å². The fourth-order valence-corrected chi connectivity index (χ4v) is 5.19. The van der Waals surface area contributed by atoms with Crippen molar-refractivity contribution in [2.75, 3.05) is 49.3 Å². The Labute approximate surface area is 191 Å². The molecule has 2 amide bonds. The molecule has 0 saturated carbocycles. The Morgan fingerprint density at radius 2 is 1.94 bits per heavy atom. The molecule has 0 atom stereocenters. The number of carbonyl (C=O) groups is 2. The number of ether oxygens (including phenoxy) is 1. The van der Waals surface area contributed by atoms with Crippen LogP contribution in [-0.2, 0) is 9.59 Å². The van der Waals surface area contributed by atoms with Gasteiger partial charge in [0.15, 0.2) is 4.34 Å². The number of methoxy groups -OCH3 is 1. The van der Waals surface area contributed by atoms with E-state index >= 15 is 0 Å². The highest BCUT2D eigenvalue weighted by atomic mass is 32.2. The Morgan fingerprint density at radius 1 is 1.16 bits per heavy atom. The number of nitrogens with zero attached hydrogens (tertiary/aromatic N) is 4. The van der Waals surface area contributed by atoms with Crippen molar-refractivity contribution < 1.29 is 14.3 Å². The molecule has 2 heterocycles. The van der Waals surface area contributed by atoms with Gasteiger partial charge in [0.05, 0.1) is 12.8 Å². The Hall–Kier alpha value is -2.33. The number of hydrogen-bond acceptors (Lipinski definition) is 8. The molecule has 1 N–H and O–H groups in total. The lowest BCUT2D eigenvalue weighted by Gasteiger charge is -2.36. The maximum absolute atomic E-state index is 12.5. The van der Waals surface area contributed by atoms with Crippen LogP contribution in [0, 0.1) is 0 Å². The predicted molar refractivity (Wildman–Crippen MR) is 125 cm³/mol. The highest BCUT2D eigenvalue weighted by molar-refractivity contribution is 8.01. The van der Waals surface area contributed by atoms with Gasteiger partial charge in [0.25, 0.3) is 0 Å². The van der Waals surface area contributed by atoms with Gasteiger partial charge in [-0.3, -0.25) is 9.59 Å². The van der Waals surface area contributed by atoms with Gasteiger partial charge < -0.3 is 19.9 Å². The lowest BCUT2D eigenvalue weighted by atomic mass is 10.2. The number of thioether (sulfide) groups is 1. The average Bonchev–Trinajstić information content (AvgIpc) is 3.24. The maximum Gasteiger partial charge on any atom is 0.226 e. The summed E-state index contributed by atoms with van der Waals surface area (Å²) in [6.45, 7) is 4.89. The standard InChI is InChI=1S/C21H29N5O3S2/c1-3-4-15-30-21-24-23-20(31-21)22-18(27)9-10-19(28)26-13-11-25(12-14-26)16-7-5-6-8-17(16)29-2/h5-8H,3-4,9-15H2,1-2H3,(H,22,23,27). The van der Waals surface area contributed by atoms with Crippen molar-refractivity contribution in [1.29, 1.82) is 0 Å². The number of carbonyl (C=O) groups excluding carboxylic acids is 2. The van der Waals surface area contributed by atoms with Gasteiger partial charge in [-0.2, -0.15) is 0 Å². The van der Waals surface area contributed by atoms with Gasteiger partial charge in [0.2, 0.25) is 16.9 Å². The number of anilines is 2. The van der Waals surface area contributed by atoms with Crippen molar-refractivity contribution in [3.05, 3.63) is 24.3 Å². The number of rotatable bonds is 10. The lowest BCUT2D eigenvalue weighted by molar-refractivity contribution is -0.133. The zero-order chi connectivity index (χ0) is 22.1. The Bertz CT molecular complexity index is 868. The number of nitrogens with one attached hydrogen (secondary N) is 1. The minimum atomic E-state index is -0.206. The SMILES string of the molecule is CCCCSc1nnc(NC(=O)CCC(=O)N2CCN(c3ccccc3OC)CC2)s1. The Balaban J connectivity index is 1.39. The molecule has 2 aromatic rings. The van der Waals surface area contributed by atoms with Crippen LogP contribution in [0.25, 0.3) is 0 Å². The highest BCUT2D eigenvalue weighted by Crippen LogP contribution is 2.28. The molecule has 1 aromatic heterocycles. The molecule has 1 fully saturated rings. The number of para-hydroxylation sites is 2. The third kappa shape index (κ3) is 6.83. The molecule has 1 aliphatic heterocycles. The van der Waals surface area contributed by atoms with Crippen molar-refractivity contribution in [2.45, 2.75) is 36.9 Å². The van der Waals surface area contributed by atoms with E-state index in [1.54, 1.807) is 18.9 Å². The van der Waals surface area contributed by atoms with Crippen LogP contribution in [0.3, 0.4) is 0 Å². The zero-order valence-electron chi connectivity index (χ0n) is 18.0. The zero-order valence-corrected chi connectivity index (χ0v) is 19.6. The number of benzene rings is 1. The van der Waals surface area contributed by atoms with E-state index in [9.17, 15) is 9.59 Å². The molecule has 31 heavy (non-hydrogen) atoms. The second-order valence-corrected chi connectivity index (χ2v) is 9.48. The first-order valence-electron chi connectivity index (χ1n) is 10.5. The van der Waals surface area contributed by atoms with E-state index in [-0.39, 0.29) is 24.7 Å². The first kappa shape index (κ1) is 23.3. The van der Waals surface area contributed by atoms with Crippen LogP contribution in [-0.4, -0.2) is 66.0 Å². The monoisotopic (exact) mass is 463 g/mol. The molecule has 0 aliphatic carbocycles. The number of aromatic nitrogens is 2. The number of unbranched alkanes of at least 4 members (excludes halogenated alkanes) is 1. The fraction of sp³-hybridized carbons (Fsp3) is 0.524. The van der Waals surface area contributed by atoms with Crippen molar-refractivity contribution in [3.63, 3.8) is 0 Å². The minimum absolute atomic E-state index is 0.00269. The molecule has 0 radical (unpaired) electrons. The van der Waals surface area contributed by atoms with E-state index < -0.39 is 0 Å². The third-order valence-electron chi connectivity index (χ3n) is 5.00. The fourth-order valence-electron chi connectivity index (χ4n) is 3.27. The van der Waals surface area contributed by atoms with Crippen molar-refractivity contribution >= 4 is 45.7 Å². The molecular weight excluding hydrogens is 434 g/mol. The van der Waals surface area contributed by atoms with E-state index in [4.69, 9.17) is 4.74 Å². The second-order valence-electron chi connectivity index (χ2n) is 7.16. The molecule has 3 rings (SSSR count). The number of hydrogen-bond donors (Lipinski definition) is 1. The van der Waals surface area contributed by atoms with E-state index in [1.165, 1.54) is 11.3 Å². The van der Waals surface area contributed by atoms with Gasteiger partial charge >= 0.3 is 0 Å². The summed E-state index contributed by atoms with van der Waals surface area (Å²) in [5.41, 5.74) is 1.04. The van der Waals surface area contributed by atoms with E-state index in [0.29, 0.717) is 18.2 Å². The van der Waals surface area contributed by atoms with Crippen LogP contribution in [0.5, 0.6) is 5.75 Å². The summed E-state index contributed by atoms with van der Waals surface area (Å²) in [5, 5.41) is 11.3. The third-order valence-corrected chi connectivity index (χ3v) is 7.06. The second kappa shape index (κ2) is 11.9. The van der Waals surface area contributed by atoms with Crippen LogP contribution >= 0.6 is 23.1 Å². The van der Waals surface area contributed by atoms with Gasteiger partial charge in [-0.15, -0.1) is 10.2 Å². The van der Waals surface area contributed by atoms with Gasteiger partial charge in [0, 0.05) is 44.8 Å². The summed E-state index contributed by atoms with van der Waals surface area (Å²) < 4.78 is 6.29. The minimum Gasteiger partial charge on any atom is -0.495 e. The molecule has 0 unspecified atom stereocenters. The maximum atomic E-state index is 12.5. The number of piperazine rings is 1.